The lowest BCUT2D eigenvalue weighted by molar-refractivity contribution is -0.124. The Balaban J connectivity index is 0.00000163. The van der Waals surface area contributed by atoms with Crippen molar-refractivity contribution in [3.8, 4) is 0 Å². The summed E-state index contributed by atoms with van der Waals surface area (Å²) in [6, 6.07) is 18.3. The molecular formula is C20H28N4O2. The highest BCUT2D eigenvalue weighted by atomic mass is 16.2. The molecule has 1 unspecified atom stereocenters. The first-order valence-electron chi connectivity index (χ1n) is 8.76. The van der Waals surface area contributed by atoms with Gasteiger partial charge in [-0.25, -0.2) is 5.43 Å². The second kappa shape index (κ2) is 11.8. The summed E-state index contributed by atoms with van der Waals surface area (Å²) in [7, 11) is 0. The van der Waals surface area contributed by atoms with Gasteiger partial charge in [0.1, 0.15) is 6.04 Å². The molecule has 0 spiro atoms. The third kappa shape index (κ3) is 6.66. The number of benzene rings is 2. The van der Waals surface area contributed by atoms with Crippen LogP contribution in [0.4, 0.5) is 0 Å². The van der Waals surface area contributed by atoms with Crippen molar-refractivity contribution >= 4 is 11.8 Å². The Bertz CT molecular complexity index is 623. The van der Waals surface area contributed by atoms with Gasteiger partial charge in [0.05, 0.1) is 6.04 Å². The molecule has 2 rings (SSSR count). The first-order valence-corrected chi connectivity index (χ1v) is 8.76. The fraction of sp³-hybridized carbons (Fsp3) is 0.300. The third-order valence-corrected chi connectivity index (χ3v) is 3.75. The van der Waals surface area contributed by atoms with E-state index in [1.54, 1.807) is 0 Å². The number of rotatable bonds is 8. The molecule has 0 saturated carbocycles. The zero-order valence-electron chi connectivity index (χ0n) is 15.3. The lowest BCUT2D eigenvalue weighted by atomic mass is 9.98. The number of nitrogens with one attached hydrogen (secondary N) is 2. The van der Waals surface area contributed by atoms with E-state index >= 15 is 0 Å². The second-order valence-electron chi connectivity index (χ2n) is 5.49. The van der Waals surface area contributed by atoms with Gasteiger partial charge < -0.3 is 11.1 Å². The van der Waals surface area contributed by atoms with Crippen molar-refractivity contribution in [3.05, 3.63) is 71.8 Å². The van der Waals surface area contributed by atoms with Crippen LogP contribution < -0.4 is 22.3 Å². The van der Waals surface area contributed by atoms with Gasteiger partial charge in [0.25, 0.3) is 0 Å². The minimum atomic E-state index is -0.688. The Labute approximate surface area is 154 Å². The van der Waals surface area contributed by atoms with Crippen molar-refractivity contribution in [2.45, 2.75) is 38.8 Å². The maximum Gasteiger partial charge on any atom is 0.239 e. The van der Waals surface area contributed by atoms with Crippen molar-refractivity contribution in [1.29, 1.82) is 0 Å². The number of nitrogens with two attached hydrogens (primary N) is 2. The summed E-state index contributed by atoms with van der Waals surface area (Å²) < 4.78 is 0. The molecule has 2 amide bonds. The maximum absolute atomic E-state index is 12.5. The number of primary amides is 1. The van der Waals surface area contributed by atoms with E-state index in [0.717, 1.165) is 11.1 Å². The highest BCUT2D eigenvalue weighted by Gasteiger charge is 2.22. The summed E-state index contributed by atoms with van der Waals surface area (Å²) >= 11 is 0. The van der Waals surface area contributed by atoms with Crippen LogP contribution in [0.5, 0.6) is 0 Å². The molecule has 2 aromatic rings. The molecule has 140 valence electrons. The first kappa shape index (κ1) is 21.3. The summed E-state index contributed by atoms with van der Waals surface area (Å²) in [5.74, 6) is 4.70. The molecule has 2 aromatic carbocycles. The van der Waals surface area contributed by atoms with Crippen LogP contribution in [0.15, 0.2) is 60.7 Å². The van der Waals surface area contributed by atoms with E-state index in [-0.39, 0.29) is 24.8 Å². The Morgan fingerprint density at radius 3 is 1.77 bits per heavy atom. The van der Waals surface area contributed by atoms with E-state index in [9.17, 15) is 9.59 Å². The molecule has 0 aliphatic heterocycles. The average Bonchev–Trinajstić information content (AvgIpc) is 2.69. The number of hydrogen-bond acceptors (Lipinski definition) is 4. The molecule has 6 N–H and O–H groups in total. The van der Waals surface area contributed by atoms with Crippen molar-refractivity contribution in [2.75, 3.05) is 0 Å². The molecule has 26 heavy (non-hydrogen) atoms. The molecule has 0 aliphatic rings. The van der Waals surface area contributed by atoms with Gasteiger partial charge in [0.15, 0.2) is 0 Å². The van der Waals surface area contributed by atoms with E-state index in [1.165, 1.54) is 0 Å². The van der Waals surface area contributed by atoms with Crippen molar-refractivity contribution in [2.24, 2.45) is 11.6 Å². The number of hydrogen-bond donors (Lipinski definition) is 4. The standard InChI is InChI=1S/C18H22N4O2.C2H6/c19-16(23)12-11-15(22-20)18(24)21-17(13-7-3-1-4-8-13)14-9-5-2-6-10-14;1-2/h1-10,15,17,22H,11-12,20H2,(H2,19,23)(H,21,24);1-2H3. The van der Waals surface area contributed by atoms with E-state index in [4.69, 9.17) is 11.6 Å². The van der Waals surface area contributed by atoms with Gasteiger partial charge in [-0.3, -0.25) is 15.4 Å². The maximum atomic E-state index is 12.5. The van der Waals surface area contributed by atoms with E-state index in [1.807, 2.05) is 74.5 Å². The molecule has 1 atom stereocenters. The summed E-state index contributed by atoms with van der Waals surface area (Å²) in [6.07, 6.45) is 0.331. The molecule has 6 nitrogen and oxygen atoms in total. The van der Waals surface area contributed by atoms with Gasteiger partial charge in [-0.15, -0.1) is 0 Å². The Morgan fingerprint density at radius 2 is 1.38 bits per heavy atom. The van der Waals surface area contributed by atoms with Crippen molar-refractivity contribution in [1.82, 2.24) is 10.7 Å². The van der Waals surface area contributed by atoms with Crippen LogP contribution in [-0.4, -0.2) is 17.9 Å². The van der Waals surface area contributed by atoms with E-state index in [2.05, 4.69) is 10.7 Å². The lowest BCUT2D eigenvalue weighted by Gasteiger charge is -2.23. The molecule has 0 saturated heterocycles. The van der Waals surface area contributed by atoms with Crippen LogP contribution in [0.2, 0.25) is 0 Å². The first-order chi connectivity index (χ1) is 12.6. The molecule has 6 heteroatoms. The quantitative estimate of drug-likeness (QED) is 0.428. The Hall–Kier alpha value is -2.70. The topological polar surface area (TPSA) is 110 Å². The summed E-state index contributed by atoms with van der Waals surface area (Å²) in [6.45, 7) is 4.00. The SMILES string of the molecule is CC.NNC(CCC(N)=O)C(=O)NC(c1ccccc1)c1ccccc1. The monoisotopic (exact) mass is 356 g/mol. The van der Waals surface area contributed by atoms with Gasteiger partial charge in [0, 0.05) is 6.42 Å². The number of hydrazine groups is 1. The zero-order chi connectivity index (χ0) is 19.4. The third-order valence-electron chi connectivity index (χ3n) is 3.75. The largest absolute Gasteiger partial charge is 0.370 e. The normalized spacial score (nSPS) is 11.2. The van der Waals surface area contributed by atoms with Crippen LogP contribution >= 0.6 is 0 Å². The Morgan fingerprint density at radius 1 is 0.923 bits per heavy atom. The highest BCUT2D eigenvalue weighted by Crippen LogP contribution is 2.22. The highest BCUT2D eigenvalue weighted by molar-refractivity contribution is 5.83. The zero-order valence-corrected chi connectivity index (χ0v) is 15.3. The smallest absolute Gasteiger partial charge is 0.239 e. The summed E-state index contributed by atoms with van der Waals surface area (Å²) in [4.78, 5) is 23.5. The van der Waals surface area contributed by atoms with Gasteiger partial charge in [-0.05, 0) is 17.5 Å². The number of amides is 2. The van der Waals surface area contributed by atoms with Gasteiger partial charge in [0.2, 0.25) is 11.8 Å². The van der Waals surface area contributed by atoms with E-state index in [0.29, 0.717) is 0 Å². The van der Waals surface area contributed by atoms with Crippen LogP contribution in [-0.2, 0) is 9.59 Å². The molecule has 0 heterocycles. The fourth-order valence-electron chi connectivity index (χ4n) is 2.47. The van der Waals surface area contributed by atoms with Crippen molar-refractivity contribution < 1.29 is 9.59 Å². The van der Waals surface area contributed by atoms with Crippen LogP contribution in [0.1, 0.15) is 43.9 Å². The average molecular weight is 356 g/mol. The molecule has 0 bridgehead atoms. The van der Waals surface area contributed by atoms with Crippen LogP contribution in [0.25, 0.3) is 0 Å². The minimum absolute atomic E-state index is 0.0869. The molecule has 0 radical (unpaired) electrons. The number of carbonyl (C=O) groups is 2. The second-order valence-corrected chi connectivity index (χ2v) is 5.49. The van der Waals surface area contributed by atoms with Gasteiger partial charge in [-0.2, -0.15) is 0 Å². The van der Waals surface area contributed by atoms with Gasteiger partial charge in [-0.1, -0.05) is 74.5 Å². The molecular weight excluding hydrogens is 328 g/mol. The summed E-state index contributed by atoms with van der Waals surface area (Å²) in [5.41, 5.74) is 9.51. The van der Waals surface area contributed by atoms with Crippen LogP contribution in [0.3, 0.4) is 0 Å². The fourth-order valence-corrected chi connectivity index (χ4v) is 2.47. The lowest BCUT2D eigenvalue weighted by Crippen LogP contribution is -2.48. The minimum Gasteiger partial charge on any atom is -0.370 e. The molecule has 0 aliphatic carbocycles. The molecule has 0 fully saturated rings. The van der Waals surface area contributed by atoms with Crippen LogP contribution in [0, 0.1) is 0 Å². The predicted octanol–water partition coefficient (Wildman–Crippen LogP) is 2.02. The summed E-state index contributed by atoms with van der Waals surface area (Å²) in [5, 5.41) is 2.99. The predicted molar refractivity (Wildman–Crippen MR) is 104 cm³/mol. The number of carbonyl (C=O) groups excluding carboxylic acids is 2. The Kier molecular flexibility index (Phi) is 9.67. The van der Waals surface area contributed by atoms with E-state index < -0.39 is 11.9 Å². The van der Waals surface area contributed by atoms with Gasteiger partial charge >= 0.3 is 0 Å². The van der Waals surface area contributed by atoms with Crippen molar-refractivity contribution in [3.63, 3.8) is 0 Å². The molecule has 0 aromatic heterocycles.